The summed E-state index contributed by atoms with van der Waals surface area (Å²) < 4.78 is 0. The SMILES string of the molecule is CCc1ccccc1Sc1ccsc1. The summed E-state index contributed by atoms with van der Waals surface area (Å²) in [6.45, 7) is 2.20. The minimum atomic E-state index is 1.10. The lowest BCUT2D eigenvalue weighted by molar-refractivity contribution is 1.08. The fraction of sp³-hybridized carbons (Fsp3) is 0.167. The second-order valence-electron chi connectivity index (χ2n) is 3.02. The van der Waals surface area contributed by atoms with Gasteiger partial charge in [-0.1, -0.05) is 36.9 Å². The van der Waals surface area contributed by atoms with E-state index in [1.54, 1.807) is 11.3 Å². The number of hydrogen-bond donors (Lipinski definition) is 0. The molecule has 72 valence electrons. The van der Waals surface area contributed by atoms with E-state index in [0.717, 1.165) is 6.42 Å². The molecule has 14 heavy (non-hydrogen) atoms. The van der Waals surface area contributed by atoms with Crippen molar-refractivity contribution in [3.63, 3.8) is 0 Å². The molecule has 0 saturated heterocycles. The Morgan fingerprint density at radius 2 is 2.07 bits per heavy atom. The van der Waals surface area contributed by atoms with Crippen LogP contribution in [0.3, 0.4) is 0 Å². The minimum absolute atomic E-state index is 1.10. The van der Waals surface area contributed by atoms with Gasteiger partial charge in [0.25, 0.3) is 0 Å². The van der Waals surface area contributed by atoms with Crippen molar-refractivity contribution in [3.05, 3.63) is 46.7 Å². The Kier molecular flexibility index (Phi) is 3.27. The van der Waals surface area contributed by atoms with E-state index in [0.29, 0.717) is 0 Å². The molecule has 0 saturated carbocycles. The first kappa shape index (κ1) is 9.81. The molecule has 2 aromatic rings. The summed E-state index contributed by atoms with van der Waals surface area (Å²) in [6.07, 6.45) is 1.10. The van der Waals surface area contributed by atoms with Gasteiger partial charge in [0.05, 0.1) is 0 Å². The first-order valence-electron chi connectivity index (χ1n) is 4.68. The lowest BCUT2D eigenvalue weighted by Gasteiger charge is -2.04. The molecule has 1 aromatic carbocycles. The van der Waals surface area contributed by atoms with Crippen LogP contribution in [0.1, 0.15) is 12.5 Å². The van der Waals surface area contributed by atoms with Gasteiger partial charge in [-0.15, -0.1) is 0 Å². The lowest BCUT2D eigenvalue weighted by atomic mass is 10.2. The zero-order valence-electron chi connectivity index (χ0n) is 8.07. The van der Waals surface area contributed by atoms with Gasteiger partial charge in [0.15, 0.2) is 0 Å². The van der Waals surface area contributed by atoms with Gasteiger partial charge in [-0.3, -0.25) is 0 Å². The van der Waals surface area contributed by atoms with Crippen LogP contribution in [0, 0.1) is 0 Å². The Morgan fingerprint density at radius 1 is 1.21 bits per heavy atom. The molecule has 0 radical (unpaired) electrons. The van der Waals surface area contributed by atoms with Crippen molar-refractivity contribution in [2.45, 2.75) is 23.1 Å². The summed E-state index contributed by atoms with van der Waals surface area (Å²) in [5, 5.41) is 4.31. The largest absolute Gasteiger partial charge is 0.151 e. The molecule has 0 aliphatic carbocycles. The van der Waals surface area contributed by atoms with E-state index in [1.165, 1.54) is 15.4 Å². The number of hydrogen-bond acceptors (Lipinski definition) is 2. The molecule has 0 fully saturated rings. The van der Waals surface area contributed by atoms with Crippen molar-refractivity contribution in [3.8, 4) is 0 Å². The molecule has 2 rings (SSSR count). The van der Waals surface area contributed by atoms with Crippen LogP contribution in [0.15, 0.2) is 50.9 Å². The first-order chi connectivity index (χ1) is 6.90. The second kappa shape index (κ2) is 4.67. The van der Waals surface area contributed by atoms with Crippen molar-refractivity contribution in [1.29, 1.82) is 0 Å². The highest BCUT2D eigenvalue weighted by molar-refractivity contribution is 7.99. The van der Waals surface area contributed by atoms with Gasteiger partial charge in [-0.25, -0.2) is 0 Å². The number of rotatable bonds is 3. The fourth-order valence-electron chi connectivity index (χ4n) is 1.33. The van der Waals surface area contributed by atoms with Gasteiger partial charge in [-0.2, -0.15) is 11.3 Å². The maximum atomic E-state index is 2.20. The molecule has 0 bridgehead atoms. The third kappa shape index (κ3) is 2.20. The fourth-order valence-corrected chi connectivity index (χ4v) is 3.17. The third-order valence-electron chi connectivity index (χ3n) is 2.08. The van der Waals surface area contributed by atoms with Crippen molar-refractivity contribution in [2.24, 2.45) is 0 Å². The topological polar surface area (TPSA) is 0 Å². The highest BCUT2D eigenvalue weighted by Gasteiger charge is 2.01. The van der Waals surface area contributed by atoms with E-state index in [-0.39, 0.29) is 0 Å². The maximum Gasteiger partial charge on any atom is 0.0229 e. The Labute approximate surface area is 93.0 Å². The average Bonchev–Trinajstić information content (AvgIpc) is 2.71. The highest BCUT2D eigenvalue weighted by Crippen LogP contribution is 2.31. The Bertz CT molecular complexity index is 390. The number of aryl methyl sites for hydroxylation is 1. The van der Waals surface area contributed by atoms with Crippen molar-refractivity contribution in [1.82, 2.24) is 0 Å². The average molecular weight is 220 g/mol. The Morgan fingerprint density at radius 3 is 2.79 bits per heavy atom. The van der Waals surface area contributed by atoms with E-state index >= 15 is 0 Å². The van der Waals surface area contributed by atoms with Crippen LogP contribution in [0.25, 0.3) is 0 Å². The van der Waals surface area contributed by atoms with Crippen molar-refractivity contribution in [2.75, 3.05) is 0 Å². The van der Waals surface area contributed by atoms with Crippen LogP contribution in [0.5, 0.6) is 0 Å². The van der Waals surface area contributed by atoms with Crippen molar-refractivity contribution >= 4 is 23.1 Å². The maximum absolute atomic E-state index is 2.20. The zero-order chi connectivity index (χ0) is 9.80. The zero-order valence-corrected chi connectivity index (χ0v) is 9.70. The predicted molar refractivity (Wildman–Crippen MR) is 64.3 cm³/mol. The molecule has 0 nitrogen and oxygen atoms in total. The standard InChI is InChI=1S/C12H12S2/c1-2-10-5-3-4-6-12(10)14-11-7-8-13-9-11/h3-9H,2H2,1H3. The number of benzene rings is 1. The number of thiophene rings is 1. The molecular weight excluding hydrogens is 208 g/mol. The van der Waals surface area contributed by atoms with E-state index < -0.39 is 0 Å². The smallest absolute Gasteiger partial charge is 0.0229 e. The summed E-state index contributed by atoms with van der Waals surface area (Å²) in [6, 6.07) is 10.8. The molecular formula is C12H12S2. The minimum Gasteiger partial charge on any atom is -0.151 e. The highest BCUT2D eigenvalue weighted by atomic mass is 32.2. The van der Waals surface area contributed by atoms with Crippen molar-refractivity contribution < 1.29 is 0 Å². The Hall–Kier alpha value is -0.730. The summed E-state index contributed by atoms with van der Waals surface area (Å²) in [4.78, 5) is 2.73. The molecule has 0 aliphatic rings. The van der Waals surface area contributed by atoms with Crippen LogP contribution in [-0.2, 0) is 6.42 Å². The van der Waals surface area contributed by atoms with Crippen LogP contribution in [-0.4, -0.2) is 0 Å². The molecule has 1 heterocycles. The summed E-state index contributed by atoms with van der Waals surface area (Å²) in [5.74, 6) is 0. The first-order valence-corrected chi connectivity index (χ1v) is 6.44. The van der Waals surface area contributed by atoms with Gasteiger partial charge in [-0.05, 0) is 29.5 Å². The van der Waals surface area contributed by atoms with E-state index in [1.807, 2.05) is 11.8 Å². The van der Waals surface area contributed by atoms with Gasteiger partial charge < -0.3 is 0 Å². The van der Waals surface area contributed by atoms with Crippen LogP contribution in [0.2, 0.25) is 0 Å². The Balaban J connectivity index is 2.24. The molecule has 0 atom stereocenters. The summed E-state index contributed by atoms with van der Waals surface area (Å²) in [7, 11) is 0. The lowest BCUT2D eigenvalue weighted by Crippen LogP contribution is -1.83. The predicted octanol–water partition coefficient (Wildman–Crippen LogP) is 4.46. The monoisotopic (exact) mass is 220 g/mol. The molecule has 0 aliphatic heterocycles. The molecule has 0 amide bonds. The molecule has 1 aromatic heterocycles. The van der Waals surface area contributed by atoms with Gasteiger partial charge >= 0.3 is 0 Å². The molecule has 2 heteroatoms. The second-order valence-corrected chi connectivity index (χ2v) is 4.92. The van der Waals surface area contributed by atoms with E-state index in [9.17, 15) is 0 Å². The van der Waals surface area contributed by atoms with Gasteiger partial charge in [0, 0.05) is 15.2 Å². The van der Waals surface area contributed by atoms with Gasteiger partial charge in [0.2, 0.25) is 0 Å². The quantitative estimate of drug-likeness (QED) is 0.736. The summed E-state index contributed by atoms with van der Waals surface area (Å²) in [5.41, 5.74) is 1.43. The van der Waals surface area contributed by atoms with E-state index in [4.69, 9.17) is 0 Å². The van der Waals surface area contributed by atoms with E-state index in [2.05, 4.69) is 48.0 Å². The normalized spacial score (nSPS) is 10.4. The van der Waals surface area contributed by atoms with Crippen LogP contribution < -0.4 is 0 Å². The summed E-state index contributed by atoms with van der Waals surface area (Å²) >= 11 is 3.61. The molecule has 0 N–H and O–H groups in total. The molecule has 0 spiro atoms. The van der Waals surface area contributed by atoms with Gasteiger partial charge in [0.1, 0.15) is 0 Å². The van der Waals surface area contributed by atoms with Crippen LogP contribution in [0.4, 0.5) is 0 Å². The third-order valence-corrected chi connectivity index (χ3v) is 4.02. The molecule has 0 unspecified atom stereocenters. The van der Waals surface area contributed by atoms with Crippen LogP contribution >= 0.6 is 23.1 Å².